The van der Waals surface area contributed by atoms with Crippen LogP contribution in [0.3, 0.4) is 0 Å². The van der Waals surface area contributed by atoms with E-state index in [1.54, 1.807) is 18.2 Å². The molecule has 2 aromatic heterocycles. The van der Waals surface area contributed by atoms with Gasteiger partial charge in [0.25, 0.3) is 0 Å². The molecule has 32 heavy (non-hydrogen) atoms. The summed E-state index contributed by atoms with van der Waals surface area (Å²) in [6, 6.07) is 18.6. The summed E-state index contributed by atoms with van der Waals surface area (Å²) >= 11 is 0. The van der Waals surface area contributed by atoms with Crippen LogP contribution >= 0.6 is 0 Å². The number of benzene rings is 2. The molecule has 0 spiro atoms. The van der Waals surface area contributed by atoms with E-state index in [1.807, 2.05) is 30.3 Å². The highest BCUT2D eigenvalue weighted by Crippen LogP contribution is 2.40. The van der Waals surface area contributed by atoms with E-state index in [9.17, 15) is 9.90 Å². The lowest BCUT2D eigenvalue weighted by atomic mass is 10.1. The fraction of sp³-hybridized carbons (Fsp3) is 0.167. The molecule has 0 aliphatic heterocycles. The number of carbonyl (C=O) groups is 1. The van der Waals surface area contributed by atoms with E-state index in [4.69, 9.17) is 4.74 Å². The van der Waals surface area contributed by atoms with E-state index in [0.717, 1.165) is 12.0 Å². The molecule has 1 aliphatic carbocycles. The van der Waals surface area contributed by atoms with Gasteiger partial charge in [-0.1, -0.05) is 30.3 Å². The number of hydrogen-bond donors (Lipinski definition) is 3. The second-order valence-corrected chi connectivity index (χ2v) is 7.64. The monoisotopic (exact) mass is 427 g/mol. The second kappa shape index (κ2) is 8.14. The summed E-state index contributed by atoms with van der Waals surface area (Å²) in [6.45, 7) is 0. The molecule has 0 bridgehead atoms. The van der Waals surface area contributed by atoms with Crippen molar-refractivity contribution in [2.45, 2.75) is 18.4 Å². The zero-order valence-corrected chi connectivity index (χ0v) is 17.3. The minimum Gasteiger partial charge on any atom is -0.504 e. The maximum absolute atomic E-state index is 12.4. The van der Waals surface area contributed by atoms with Gasteiger partial charge in [-0.3, -0.25) is 5.32 Å². The van der Waals surface area contributed by atoms with Gasteiger partial charge in [0, 0.05) is 17.5 Å². The molecule has 2 heterocycles. The maximum Gasteiger partial charge on any atom is 0.320 e. The van der Waals surface area contributed by atoms with Crippen molar-refractivity contribution in [3.05, 3.63) is 72.4 Å². The number of pyridine rings is 1. The molecule has 8 heteroatoms. The number of anilines is 1. The number of nitrogens with zero attached hydrogens (tertiary/aromatic N) is 3. The molecule has 2 aromatic carbocycles. The quantitative estimate of drug-likeness (QED) is 0.443. The van der Waals surface area contributed by atoms with Crippen molar-refractivity contribution in [2.75, 3.05) is 12.4 Å². The summed E-state index contributed by atoms with van der Waals surface area (Å²) < 4.78 is 5.17. The highest BCUT2D eigenvalue weighted by atomic mass is 16.5. The number of amides is 2. The molecule has 160 valence electrons. The van der Waals surface area contributed by atoms with Gasteiger partial charge in [-0.05, 0) is 42.3 Å². The minimum absolute atomic E-state index is 0.0551. The van der Waals surface area contributed by atoms with E-state index in [0.29, 0.717) is 34.3 Å². The first-order valence-corrected chi connectivity index (χ1v) is 10.2. The molecule has 4 aromatic rings. The highest BCUT2D eigenvalue weighted by molar-refractivity contribution is 5.89. The Balaban J connectivity index is 1.30. The van der Waals surface area contributed by atoms with Crippen LogP contribution in [0.25, 0.3) is 22.4 Å². The Labute approximate surface area is 184 Å². The third-order valence-electron chi connectivity index (χ3n) is 5.46. The Morgan fingerprint density at radius 1 is 1.09 bits per heavy atom. The molecule has 1 saturated carbocycles. The Kier molecular flexibility index (Phi) is 5.03. The zero-order valence-electron chi connectivity index (χ0n) is 17.3. The summed E-state index contributed by atoms with van der Waals surface area (Å²) in [6.07, 6.45) is 2.43. The number of hydrogen-bond acceptors (Lipinski definition) is 6. The first-order valence-electron chi connectivity index (χ1n) is 10.2. The number of nitrogens with one attached hydrogen (secondary N) is 2. The second-order valence-electron chi connectivity index (χ2n) is 7.64. The number of ether oxygens (including phenoxy) is 1. The van der Waals surface area contributed by atoms with Crippen LogP contribution in [0.15, 0.2) is 66.9 Å². The summed E-state index contributed by atoms with van der Waals surface area (Å²) in [4.78, 5) is 25.8. The first-order chi connectivity index (χ1) is 15.6. The number of methoxy groups -OCH3 is 1. The highest BCUT2D eigenvalue weighted by Gasteiger charge is 2.39. The molecule has 2 unspecified atom stereocenters. The number of rotatable bonds is 5. The summed E-state index contributed by atoms with van der Waals surface area (Å²) in [5, 5.41) is 15.5. The average Bonchev–Trinajstić information content (AvgIpc) is 3.58. The van der Waals surface area contributed by atoms with E-state index >= 15 is 0 Å². The Morgan fingerprint density at radius 3 is 2.75 bits per heavy atom. The van der Waals surface area contributed by atoms with Crippen LogP contribution in [0.2, 0.25) is 0 Å². The van der Waals surface area contributed by atoms with E-state index < -0.39 is 0 Å². The van der Waals surface area contributed by atoms with Crippen molar-refractivity contribution < 1.29 is 14.6 Å². The number of aromatic nitrogens is 3. The van der Waals surface area contributed by atoms with Gasteiger partial charge in [0.15, 0.2) is 23.0 Å². The lowest BCUT2D eigenvalue weighted by molar-refractivity contribution is 0.251. The van der Waals surface area contributed by atoms with Crippen LogP contribution < -0.4 is 15.4 Å². The molecule has 5 rings (SSSR count). The van der Waals surface area contributed by atoms with Gasteiger partial charge in [-0.15, -0.1) is 0 Å². The number of fused-ring (bicyclic) bond motifs is 1. The molecule has 2 atom stereocenters. The van der Waals surface area contributed by atoms with Crippen molar-refractivity contribution in [3.63, 3.8) is 0 Å². The van der Waals surface area contributed by atoms with Crippen molar-refractivity contribution >= 4 is 23.0 Å². The normalized spacial score (nSPS) is 17.0. The molecule has 1 aliphatic rings. The van der Waals surface area contributed by atoms with Crippen LogP contribution in [-0.2, 0) is 0 Å². The SMILES string of the molecule is COc1cc(-c2ccc3ncc(NC(=O)NC4CC4c4ccccc4)nc3n2)ccc1O. The van der Waals surface area contributed by atoms with E-state index in [2.05, 4.69) is 37.7 Å². The maximum atomic E-state index is 12.4. The van der Waals surface area contributed by atoms with Gasteiger partial charge in [0.1, 0.15) is 5.52 Å². The van der Waals surface area contributed by atoms with Crippen LogP contribution in [-0.4, -0.2) is 39.2 Å². The number of urea groups is 1. The zero-order chi connectivity index (χ0) is 22.1. The van der Waals surface area contributed by atoms with Gasteiger partial charge in [0.05, 0.1) is 19.0 Å². The summed E-state index contributed by atoms with van der Waals surface area (Å²) in [7, 11) is 1.49. The summed E-state index contributed by atoms with van der Waals surface area (Å²) in [5.41, 5.74) is 3.65. The first kappa shape index (κ1) is 19.7. The molecule has 8 nitrogen and oxygen atoms in total. The number of phenolic OH excluding ortho intramolecular Hbond substituents is 1. The standard InChI is InChI=1S/C24H21N5O3/c1-32-21-11-15(7-10-20(21)30)17-8-9-18-23(26-17)28-22(13-25-18)29-24(31)27-19-12-16(19)14-5-3-2-4-6-14/h2-11,13,16,19,30H,12H2,1H3,(H2,26,27,28,29,31). The van der Waals surface area contributed by atoms with Crippen molar-refractivity contribution in [1.82, 2.24) is 20.3 Å². The van der Waals surface area contributed by atoms with Crippen LogP contribution in [0, 0.1) is 0 Å². The van der Waals surface area contributed by atoms with Crippen LogP contribution in [0.1, 0.15) is 17.9 Å². The average molecular weight is 427 g/mol. The van der Waals surface area contributed by atoms with Gasteiger partial charge in [-0.25, -0.2) is 19.7 Å². The fourth-order valence-corrected chi connectivity index (χ4v) is 3.70. The third kappa shape index (κ3) is 4.02. The topological polar surface area (TPSA) is 109 Å². The number of phenols is 1. The predicted octanol–water partition coefficient (Wildman–Crippen LogP) is 4.08. The minimum atomic E-state index is -0.318. The molecule has 0 saturated heterocycles. The molecular weight excluding hydrogens is 406 g/mol. The fourth-order valence-electron chi connectivity index (χ4n) is 3.70. The summed E-state index contributed by atoms with van der Waals surface area (Å²) in [5.74, 6) is 1.08. The molecule has 0 radical (unpaired) electrons. The largest absolute Gasteiger partial charge is 0.504 e. The van der Waals surface area contributed by atoms with Crippen molar-refractivity contribution in [2.24, 2.45) is 0 Å². The van der Waals surface area contributed by atoms with Crippen LogP contribution in [0.5, 0.6) is 11.5 Å². The Morgan fingerprint density at radius 2 is 1.94 bits per heavy atom. The third-order valence-corrected chi connectivity index (χ3v) is 5.46. The number of aromatic hydroxyl groups is 1. The molecule has 3 N–H and O–H groups in total. The van der Waals surface area contributed by atoms with Gasteiger partial charge in [0.2, 0.25) is 0 Å². The Hall–Kier alpha value is -4.20. The van der Waals surface area contributed by atoms with Gasteiger partial charge < -0.3 is 15.2 Å². The van der Waals surface area contributed by atoms with Crippen molar-refractivity contribution in [3.8, 4) is 22.8 Å². The van der Waals surface area contributed by atoms with Gasteiger partial charge in [-0.2, -0.15) is 0 Å². The molecule has 2 amide bonds. The lowest BCUT2D eigenvalue weighted by Crippen LogP contribution is -2.31. The van der Waals surface area contributed by atoms with Crippen molar-refractivity contribution in [1.29, 1.82) is 0 Å². The molecular formula is C24H21N5O3. The van der Waals surface area contributed by atoms with E-state index in [-0.39, 0.29) is 17.8 Å². The molecule has 1 fully saturated rings. The lowest BCUT2D eigenvalue weighted by Gasteiger charge is -2.09. The smallest absolute Gasteiger partial charge is 0.320 e. The van der Waals surface area contributed by atoms with Crippen LogP contribution in [0.4, 0.5) is 10.6 Å². The Bertz CT molecular complexity index is 1300. The predicted molar refractivity (Wildman–Crippen MR) is 121 cm³/mol. The van der Waals surface area contributed by atoms with E-state index in [1.165, 1.54) is 18.9 Å². The van der Waals surface area contributed by atoms with Gasteiger partial charge >= 0.3 is 6.03 Å². The number of carbonyl (C=O) groups excluding carboxylic acids is 1.